The summed E-state index contributed by atoms with van der Waals surface area (Å²) < 4.78 is 44.5. The molecule has 1 aromatic carbocycles. The van der Waals surface area contributed by atoms with Gasteiger partial charge in [0.2, 0.25) is 0 Å². The summed E-state index contributed by atoms with van der Waals surface area (Å²) in [6, 6.07) is 8.55. The van der Waals surface area contributed by atoms with Crippen LogP contribution in [0.4, 0.5) is 13.2 Å². The van der Waals surface area contributed by atoms with E-state index in [1.54, 1.807) is 44.2 Å². The molecule has 1 heterocycles. The van der Waals surface area contributed by atoms with Crippen molar-refractivity contribution in [3.63, 3.8) is 0 Å². The van der Waals surface area contributed by atoms with Gasteiger partial charge in [-0.2, -0.15) is 13.2 Å². The molecule has 1 aliphatic heterocycles. The Morgan fingerprint density at radius 3 is 2.27 bits per heavy atom. The predicted octanol–water partition coefficient (Wildman–Crippen LogP) is 3.50. The molecule has 1 saturated heterocycles. The number of carboxylic acid groups (broad SMARTS) is 1. The number of esters is 2. The van der Waals surface area contributed by atoms with Crippen molar-refractivity contribution >= 4 is 17.9 Å². The van der Waals surface area contributed by atoms with Gasteiger partial charge in [-0.15, -0.1) is 0 Å². The highest BCUT2D eigenvalue weighted by Crippen LogP contribution is 2.84. The van der Waals surface area contributed by atoms with Crippen LogP contribution in [-0.2, 0) is 19.1 Å². The van der Waals surface area contributed by atoms with E-state index in [0.717, 1.165) is 5.57 Å². The number of rotatable bonds is 4. The van der Waals surface area contributed by atoms with E-state index in [0.29, 0.717) is 36.9 Å². The molecule has 48 heavy (non-hydrogen) atoms. The largest absolute Gasteiger partial charge is 0.490 e. The number of aliphatic carboxylic acids is 1. The minimum atomic E-state index is -5.08. The van der Waals surface area contributed by atoms with Gasteiger partial charge in [-0.25, -0.2) is 14.4 Å². The lowest BCUT2D eigenvalue weighted by Crippen LogP contribution is -2.82. The summed E-state index contributed by atoms with van der Waals surface area (Å²) in [5, 5.41) is 43.4. The fourth-order valence-corrected chi connectivity index (χ4v) is 11.6. The van der Waals surface area contributed by atoms with Gasteiger partial charge in [0.25, 0.3) is 0 Å². The molecule has 0 amide bonds. The van der Waals surface area contributed by atoms with E-state index in [9.17, 15) is 38.1 Å². The third-order valence-electron chi connectivity index (χ3n) is 12.6. The first kappa shape index (κ1) is 34.6. The Kier molecular flexibility index (Phi) is 8.02. The van der Waals surface area contributed by atoms with Crippen LogP contribution in [0.1, 0.15) is 56.8 Å². The van der Waals surface area contributed by atoms with Crippen molar-refractivity contribution in [2.75, 3.05) is 13.6 Å². The van der Waals surface area contributed by atoms with Crippen molar-refractivity contribution in [3.8, 4) is 0 Å². The zero-order valence-corrected chi connectivity index (χ0v) is 27.2. The Hall–Kier alpha value is -3.26. The number of carbonyl (C=O) groups is 3. The summed E-state index contributed by atoms with van der Waals surface area (Å²) in [5.41, 5.74) is -2.03. The molecule has 262 valence electrons. The monoisotopic (exact) mass is 677 g/mol. The summed E-state index contributed by atoms with van der Waals surface area (Å²) in [6.07, 6.45) is -5.17. The number of benzene rings is 1. The number of alkyl halides is 3. The summed E-state index contributed by atoms with van der Waals surface area (Å²) in [7, 11) is 2.07. The van der Waals surface area contributed by atoms with Crippen LogP contribution in [0.2, 0.25) is 0 Å². The molecular formula is C35H42F3NO9. The third-order valence-corrected chi connectivity index (χ3v) is 12.6. The lowest BCUT2D eigenvalue weighted by atomic mass is 9.38. The molecular weight excluding hydrogens is 635 g/mol. The number of carbonyl (C=O) groups excluding carboxylic acids is 2. The number of hydrogen-bond acceptors (Lipinski definition) is 9. The predicted molar refractivity (Wildman–Crippen MR) is 163 cm³/mol. The summed E-state index contributed by atoms with van der Waals surface area (Å²) in [5.74, 6) is -4.61. The number of halogens is 3. The van der Waals surface area contributed by atoms with Gasteiger partial charge in [-0.05, 0) is 70.0 Å². The molecule has 6 fully saturated rings. The van der Waals surface area contributed by atoms with Crippen LogP contribution in [0, 0.1) is 34.0 Å². The normalized spacial score (nSPS) is 44.0. The average molecular weight is 678 g/mol. The Balaban J connectivity index is 0.000000519. The van der Waals surface area contributed by atoms with E-state index in [4.69, 9.17) is 19.4 Å². The highest BCUT2D eigenvalue weighted by Gasteiger charge is 2.90. The van der Waals surface area contributed by atoms with Gasteiger partial charge in [0.1, 0.15) is 17.8 Å². The fourth-order valence-electron chi connectivity index (χ4n) is 11.6. The number of carboxylic acids is 1. The van der Waals surface area contributed by atoms with Crippen molar-refractivity contribution in [3.05, 3.63) is 59.7 Å². The molecule has 12 atom stereocenters. The van der Waals surface area contributed by atoms with E-state index in [-0.39, 0.29) is 24.3 Å². The lowest BCUT2D eigenvalue weighted by Gasteiger charge is -2.72. The van der Waals surface area contributed by atoms with Crippen LogP contribution in [0.25, 0.3) is 0 Å². The first-order valence-electron chi connectivity index (χ1n) is 16.2. The molecule has 5 saturated carbocycles. The molecule has 6 bridgehead atoms. The maximum absolute atomic E-state index is 13.7. The van der Waals surface area contributed by atoms with Crippen LogP contribution < -0.4 is 0 Å². The maximum Gasteiger partial charge on any atom is 0.490 e. The lowest BCUT2D eigenvalue weighted by molar-refractivity contribution is -0.341. The van der Waals surface area contributed by atoms with Crippen molar-refractivity contribution in [2.45, 2.75) is 88.7 Å². The van der Waals surface area contributed by atoms with Crippen LogP contribution in [-0.4, -0.2) is 99.1 Å². The topological polar surface area (TPSA) is 154 Å². The summed E-state index contributed by atoms with van der Waals surface area (Å²) in [6.45, 7) is 10.4. The number of hydrogen-bond donors (Lipinski definition) is 4. The third kappa shape index (κ3) is 4.42. The van der Waals surface area contributed by atoms with Gasteiger partial charge in [-0.3, -0.25) is 0 Å². The van der Waals surface area contributed by atoms with E-state index in [1.165, 1.54) is 0 Å². The van der Waals surface area contributed by atoms with Gasteiger partial charge in [0.05, 0.1) is 17.8 Å². The Labute approximate surface area is 276 Å². The molecule has 2 spiro atoms. The van der Waals surface area contributed by atoms with Crippen molar-refractivity contribution in [1.29, 1.82) is 0 Å². The van der Waals surface area contributed by atoms with Crippen LogP contribution >= 0.6 is 0 Å². The summed E-state index contributed by atoms with van der Waals surface area (Å²) >= 11 is 0. The second kappa shape index (κ2) is 11.1. The quantitative estimate of drug-likeness (QED) is 0.212. The molecule has 1 aromatic rings. The zero-order valence-electron chi connectivity index (χ0n) is 27.2. The highest BCUT2D eigenvalue weighted by atomic mass is 19.4. The van der Waals surface area contributed by atoms with E-state index >= 15 is 0 Å². The van der Waals surface area contributed by atoms with E-state index in [2.05, 4.69) is 18.5 Å². The highest BCUT2D eigenvalue weighted by molar-refractivity contribution is 5.90. The minimum absolute atomic E-state index is 0.0843. The average Bonchev–Trinajstić information content (AvgIpc) is 3.28. The number of aliphatic hydroxyl groups excluding tert-OH is 2. The van der Waals surface area contributed by atoms with Crippen molar-refractivity contribution in [2.24, 2.45) is 34.0 Å². The maximum atomic E-state index is 13.7. The molecule has 10 nitrogen and oxygen atoms in total. The Morgan fingerprint density at radius 2 is 1.69 bits per heavy atom. The number of allylic oxidation sites excluding steroid dienone is 1. The van der Waals surface area contributed by atoms with Crippen LogP contribution in [0.15, 0.2) is 54.1 Å². The minimum Gasteiger partial charge on any atom is -0.475 e. The number of likely N-dealkylation sites (tertiary alicyclic amines) is 1. The first-order valence-corrected chi connectivity index (χ1v) is 16.2. The molecule has 4 N–H and O–H groups in total. The van der Waals surface area contributed by atoms with E-state index in [1.807, 2.05) is 13.0 Å². The zero-order chi connectivity index (χ0) is 35.4. The molecule has 0 aromatic heterocycles. The number of ether oxygens (including phenoxy) is 2. The second-order valence-corrected chi connectivity index (χ2v) is 15.0. The standard InChI is InChI=1S/C33H41NO7.C2HF3O2/c1-6-17(2)28(37)40-24-22-18(3)12-31-15-21(36)33(39)30(4)13-20(35)14-32(33,27(23(22)31)34(5)16-30)26(31)25(24)41-29(38)19-10-8-7-9-11-19;3-2(4,5)1(6)7/h6-11,20-27,35-36,39H,3,12-16H2,1-2,4-5H3;(H,6,7)/b17-6+;/t20-,21-,22-,23+,24+,25+,26+,27?,30-,31-,32-,33-;/m0./s1. The van der Waals surface area contributed by atoms with Crippen molar-refractivity contribution in [1.82, 2.24) is 4.90 Å². The van der Waals surface area contributed by atoms with Gasteiger partial charge in [-0.1, -0.05) is 43.4 Å². The Morgan fingerprint density at radius 1 is 1.06 bits per heavy atom. The second-order valence-electron chi connectivity index (χ2n) is 15.0. The van der Waals surface area contributed by atoms with Crippen molar-refractivity contribution < 1.29 is 57.5 Å². The number of piperidine rings is 1. The molecule has 5 aliphatic carbocycles. The fraction of sp³-hybridized carbons (Fsp3) is 0.629. The van der Waals surface area contributed by atoms with Gasteiger partial charge in [0.15, 0.2) is 0 Å². The molecule has 6 aliphatic rings. The van der Waals surface area contributed by atoms with Crippen LogP contribution in [0.5, 0.6) is 0 Å². The van der Waals surface area contributed by atoms with Gasteiger partial charge >= 0.3 is 24.1 Å². The Bertz CT molecular complexity index is 1570. The van der Waals surface area contributed by atoms with Gasteiger partial charge in [0, 0.05) is 40.8 Å². The molecule has 1 unspecified atom stereocenters. The smallest absolute Gasteiger partial charge is 0.475 e. The SMILES string of the molecule is C=C1C[C@]23C[C@H](O)[C@]4(O)[C@@]5(C)C[C@H](O)C[C@]46C([C@H]2[C@H]1[C@@H](OC(=O)/C(C)=C/C)[C@@H](OC(=O)c1ccccc1)[C@H]36)N(C)C5.O=C(O)C(F)(F)F. The molecule has 0 radical (unpaired) electrons. The van der Waals surface area contributed by atoms with Gasteiger partial charge < -0.3 is 34.8 Å². The number of aliphatic hydroxyl groups is 3. The first-order chi connectivity index (χ1) is 22.3. The summed E-state index contributed by atoms with van der Waals surface area (Å²) in [4.78, 5) is 38.3. The van der Waals surface area contributed by atoms with Crippen LogP contribution in [0.3, 0.4) is 0 Å². The van der Waals surface area contributed by atoms with E-state index < -0.39 is 76.3 Å². The molecule has 7 rings (SSSR count). The molecule has 13 heteroatoms. The number of nitrogens with zero attached hydrogens (tertiary/aromatic N) is 1.